The molecule has 0 aromatic carbocycles. The van der Waals surface area contributed by atoms with E-state index in [1.165, 1.54) is 37.8 Å². The van der Waals surface area contributed by atoms with E-state index in [-0.39, 0.29) is 0 Å². The Hall–Kier alpha value is -2.43. The standard InChI is InChI=1S/C20H23N5/c1-13-4-2-3-11-25(13)18-12-17(14-5-6-14)23-20(24-18)16-8-10-22-19-15(16)7-9-21-19/h7-10,12-14H,2-6,11H2,1H3,(H,21,22). The third kappa shape index (κ3) is 2.68. The van der Waals surface area contributed by atoms with Crippen molar-refractivity contribution in [2.24, 2.45) is 0 Å². The third-order valence-electron chi connectivity index (χ3n) is 5.53. The Bertz CT molecular complexity index is 911. The predicted octanol–water partition coefficient (Wildman–Crippen LogP) is 4.28. The number of aromatic amines is 1. The summed E-state index contributed by atoms with van der Waals surface area (Å²) in [4.78, 5) is 20.0. The van der Waals surface area contributed by atoms with Gasteiger partial charge in [0.15, 0.2) is 5.82 Å². The SMILES string of the molecule is CC1CCCCN1c1cc(C2CC2)nc(-c2ccnc3[nH]ccc23)n1. The summed E-state index contributed by atoms with van der Waals surface area (Å²) in [5, 5.41) is 1.09. The molecule has 1 aliphatic carbocycles. The first-order valence-corrected chi connectivity index (χ1v) is 9.38. The molecule has 3 aromatic heterocycles. The number of hydrogen-bond donors (Lipinski definition) is 1. The monoisotopic (exact) mass is 333 g/mol. The summed E-state index contributed by atoms with van der Waals surface area (Å²) < 4.78 is 0. The first kappa shape index (κ1) is 14.9. The number of aromatic nitrogens is 4. The average molecular weight is 333 g/mol. The van der Waals surface area contributed by atoms with Gasteiger partial charge in [-0.05, 0) is 51.2 Å². The van der Waals surface area contributed by atoms with Crippen LogP contribution in [0.5, 0.6) is 0 Å². The summed E-state index contributed by atoms with van der Waals surface area (Å²) in [6.45, 7) is 3.41. The van der Waals surface area contributed by atoms with Crippen molar-refractivity contribution >= 4 is 16.9 Å². The van der Waals surface area contributed by atoms with Crippen LogP contribution in [0.4, 0.5) is 5.82 Å². The minimum atomic E-state index is 0.549. The van der Waals surface area contributed by atoms with Gasteiger partial charge in [0.1, 0.15) is 11.5 Å². The van der Waals surface area contributed by atoms with Gasteiger partial charge < -0.3 is 9.88 Å². The van der Waals surface area contributed by atoms with Crippen LogP contribution in [0.15, 0.2) is 30.6 Å². The second kappa shape index (κ2) is 5.83. The lowest BCUT2D eigenvalue weighted by molar-refractivity contribution is 0.481. The molecular formula is C20H23N5. The summed E-state index contributed by atoms with van der Waals surface area (Å²) >= 11 is 0. The first-order chi connectivity index (χ1) is 12.3. The normalized spacial score (nSPS) is 21.0. The average Bonchev–Trinajstić information content (AvgIpc) is 3.38. The van der Waals surface area contributed by atoms with Crippen molar-refractivity contribution in [1.82, 2.24) is 19.9 Å². The van der Waals surface area contributed by atoms with Gasteiger partial charge in [0, 0.05) is 53.6 Å². The molecule has 2 aliphatic rings. The van der Waals surface area contributed by atoms with Crippen LogP contribution in [0.1, 0.15) is 50.6 Å². The fourth-order valence-corrected chi connectivity index (χ4v) is 3.90. The van der Waals surface area contributed by atoms with E-state index in [9.17, 15) is 0 Å². The topological polar surface area (TPSA) is 57.7 Å². The second-order valence-electron chi connectivity index (χ2n) is 7.39. The smallest absolute Gasteiger partial charge is 0.162 e. The first-order valence-electron chi connectivity index (χ1n) is 9.38. The Kier molecular flexibility index (Phi) is 3.47. The van der Waals surface area contributed by atoms with Crippen LogP contribution in [-0.4, -0.2) is 32.5 Å². The molecule has 5 heteroatoms. The van der Waals surface area contributed by atoms with Crippen LogP contribution in [0.25, 0.3) is 22.4 Å². The Labute approximate surface area is 147 Å². The Morgan fingerprint density at radius 3 is 2.88 bits per heavy atom. The van der Waals surface area contributed by atoms with Crippen molar-refractivity contribution in [3.8, 4) is 11.4 Å². The lowest BCUT2D eigenvalue weighted by atomic mass is 10.0. The maximum Gasteiger partial charge on any atom is 0.162 e. The predicted molar refractivity (Wildman–Crippen MR) is 99.8 cm³/mol. The van der Waals surface area contributed by atoms with E-state index >= 15 is 0 Å². The molecule has 1 unspecified atom stereocenters. The Morgan fingerprint density at radius 1 is 1.12 bits per heavy atom. The van der Waals surface area contributed by atoms with Crippen LogP contribution in [0.2, 0.25) is 0 Å². The molecule has 0 bridgehead atoms. The zero-order valence-corrected chi connectivity index (χ0v) is 14.6. The maximum atomic E-state index is 4.99. The van der Waals surface area contributed by atoms with Gasteiger partial charge >= 0.3 is 0 Å². The molecule has 0 spiro atoms. The van der Waals surface area contributed by atoms with E-state index in [2.05, 4.69) is 33.9 Å². The van der Waals surface area contributed by atoms with Crippen LogP contribution in [0.3, 0.4) is 0 Å². The summed E-state index contributed by atoms with van der Waals surface area (Å²) in [6, 6.07) is 6.88. The van der Waals surface area contributed by atoms with E-state index < -0.39 is 0 Å². The number of nitrogens with zero attached hydrogens (tertiary/aromatic N) is 4. The fourth-order valence-electron chi connectivity index (χ4n) is 3.90. The molecule has 2 fully saturated rings. The summed E-state index contributed by atoms with van der Waals surface area (Å²) in [5.41, 5.74) is 3.17. The zero-order valence-electron chi connectivity index (χ0n) is 14.6. The fraction of sp³-hybridized carbons (Fsp3) is 0.450. The van der Waals surface area contributed by atoms with Crippen molar-refractivity contribution in [1.29, 1.82) is 0 Å². The molecule has 3 aromatic rings. The molecule has 1 saturated heterocycles. The minimum Gasteiger partial charge on any atom is -0.354 e. The van der Waals surface area contributed by atoms with Crippen molar-refractivity contribution in [2.45, 2.75) is 51.0 Å². The van der Waals surface area contributed by atoms with Gasteiger partial charge in [-0.2, -0.15) is 0 Å². The Balaban J connectivity index is 1.65. The maximum absolute atomic E-state index is 4.99. The van der Waals surface area contributed by atoms with Crippen LogP contribution < -0.4 is 4.90 Å². The number of anilines is 1. The lowest BCUT2D eigenvalue weighted by Gasteiger charge is -2.34. The van der Waals surface area contributed by atoms with Gasteiger partial charge in [-0.25, -0.2) is 15.0 Å². The van der Waals surface area contributed by atoms with Gasteiger partial charge in [0.2, 0.25) is 0 Å². The number of H-pyrrole nitrogens is 1. The van der Waals surface area contributed by atoms with E-state index in [0.717, 1.165) is 34.8 Å². The number of nitrogens with one attached hydrogen (secondary N) is 1. The number of hydrogen-bond acceptors (Lipinski definition) is 4. The molecule has 128 valence electrons. The second-order valence-corrected chi connectivity index (χ2v) is 7.39. The van der Waals surface area contributed by atoms with E-state index in [0.29, 0.717) is 12.0 Å². The Morgan fingerprint density at radius 2 is 2.04 bits per heavy atom. The van der Waals surface area contributed by atoms with Crippen LogP contribution >= 0.6 is 0 Å². The van der Waals surface area contributed by atoms with Crippen LogP contribution in [0, 0.1) is 0 Å². The molecule has 1 atom stereocenters. The molecule has 4 heterocycles. The van der Waals surface area contributed by atoms with Crippen molar-refractivity contribution in [3.05, 3.63) is 36.3 Å². The molecule has 1 aliphatic heterocycles. The highest BCUT2D eigenvalue weighted by Crippen LogP contribution is 2.41. The number of pyridine rings is 1. The molecule has 1 saturated carbocycles. The minimum absolute atomic E-state index is 0.549. The largest absolute Gasteiger partial charge is 0.354 e. The van der Waals surface area contributed by atoms with Crippen LogP contribution in [-0.2, 0) is 0 Å². The summed E-state index contributed by atoms with van der Waals surface area (Å²) in [5.74, 6) is 2.55. The third-order valence-corrected chi connectivity index (χ3v) is 5.53. The quantitative estimate of drug-likeness (QED) is 0.777. The number of rotatable bonds is 3. The highest BCUT2D eigenvalue weighted by Gasteiger charge is 2.28. The highest BCUT2D eigenvalue weighted by atomic mass is 15.2. The summed E-state index contributed by atoms with van der Waals surface area (Å²) in [6.07, 6.45) is 10.1. The van der Waals surface area contributed by atoms with Gasteiger partial charge in [-0.15, -0.1) is 0 Å². The van der Waals surface area contributed by atoms with E-state index in [1.54, 1.807) is 0 Å². The van der Waals surface area contributed by atoms with Gasteiger partial charge in [-0.1, -0.05) is 0 Å². The van der Waals surface area contributed by atoms with Gasteiger partial charge in [0.05, 0.1) is 0 Å². The lowest BCUT2D eigenvalue weighted by Crippen LogP contribution is -2.38. The van der Waals surface area contributed by atoms with Gasteiger partial charge in [-0.3, -0.25) is 0 Å². The molecule has 5 rings (SSSR count). The number of fused-ring (bicyclic) bond motifs is 1. The van der Waals surface area contributed by atoms with Crippen molar-refractivity contribution in [2.75, 3.05) is 11.4 Å². The van der Waals surface area contributed by atoms with Crippen molar-refractivity contribution < 1.29 is 0 Å². The van der Waals surface area contributed by atoms with E-state index in [4.69, 9.17) is 9.97 Å². The molecular weight excluding hydrogens is 310 g/mol. The summed E-state index contributed by atoms with van der Waals surface area (Å²) in [7, 11) is 0. The van der Waals surface area contributed by atoms with E-state index in [1.807, 2.05) is 18.5 Å². The molecule has 5 nitrogen and oxygen atoms in total. The zero-order chi connectivity index (χ0) is 16.8. The highest BCUT2D eigenvalue weighted by molar-refractivity contribution is 5.91. The molecule has 25 heavy (non-hydrogen) atoms. The number of piperidine rings is 1. The van der Waals surface area contributed by atoms with Gasteiger partial charge in [0.25, 0.3) is 0 Å². The van der Waals surface area contributed by atoms with Crippen molar-refractivity contribution in [3.63, 3.8) is 0 Å². The molecule has 0 amide bonds. The molecule has 1 N–H and O–H groups in total. The molecule has 0 radical (unpaired) electrons.